The summed E-state index contributed by atoms with van der Waals surface area (Å²) in [7, 11) is 0. The van der Waals surface area contributed by atoms with Gasteiger partial charge in [0.15, 0.2) is 5.72 Å². The molecule has 3 N–H and O–H groups in total. The van der Waals surface area contributed by atoms with Gasteiger partial charge in [-0.2, -0.15) is 5.10 Å². The molecule has 0 aliphatic carbocycles. The molecule has 3 amide bonds. The lowest BCUT2D eigenvalue weighted by atomic mass is 9.96. The van der Waals surface area contributed by atoms with Crippen LogP contribution in [-0.4, -0.2) is 51.6 Å². The van der Waals surface area contributed by atoms with E-state index < -0.39 is 5.72 Å². The fourth-order valence-corrected chi connectivity index (χ4v) is 4.47. The Morgan fingerprint density at radius 2 is 2.00 bits per heavy atom. The van der Waals surface area contributed by atoms with Crippen molar-refractivity contribution in [3.05, 3.63) is 52.7 Å². The molecule has 2 aromatic carbocycles. The Hall–Kier alpha value is -3.59. The van der Waals surface area contributed by atoms with Gasteiger partial charge in [-0.05, 0) is 30.3 Å². The van der Waals surface area contributed by atoms with Crippen molar-refractivity contribution in [3.63, 3.8) is 0 Å². The molecule has 0 saturated carbocycles. The van der Waals surface area contributed by atoms with Crippen molar-refractivity contribution < 1.29 is 19.1 Å². The van der Waals surface area contributed by atoms with Crippen LogP contribution in [0.3, 0.4) is 0 Å². The monoisotopic (exact) mass is 453 g/mol. The fourth-order valence-electron chi connectivity index (χ4n) is 4.21. The summed E-state index contributed by atoms with van der Waals surface area (Å²) < 4.78 is 6.17. The van der Waals surface area contributed by atoms with Crippen LogP contribution in [0.25, 0.3) is 10.9 Å². The summed E-state index contributed by atoms with van der Waals surface area (Å²) in [6, 6.07) is 8.37. The quantitative estimate of drug-likeness (QED) is 0.551. The molecule has 0 radical (unpaired) electrons. The van der Waals surface area contributed by atoms with E-state index in [0.29, 0.717) is 59.0 Å². The number of piperidine rings is 1. The fraction of sp³-hybridized carbons (Fsp3) is 0.273. The number of amides is 3. The van der Waals surface area contributed by atoms with Gasteiger partial charge in [-0.3, -0.25) is 19.5 Å². The number of benzene rings is 2. The summed E-state index contributed by atoms with van der Waals surface area (Å²) >= 11 is 6.27. The molecule has 5 rings (SSSR count). The second-order valence-corrected chi connectivity index (χ2v) is 8.43. The maximum absolute atomic E-state index is 13.1. The van der Waals surface area contributed by atoms with E-state index in [-0.39, 0.29) is 17.7 Å². The minimum atomic E-state index is -0.872. The lowest BCUT2D eigenvalue weighted by molar-refractivity contribution is -0.114. The molecule has 0 bridgehead atoms. The van der Waals surface area contributed by atoms with Crippen molar-refractivity contribution >= 4 is 45.9 Å². The van der Waals surface area contributed by atoms with Crippen molar-refractivity contribution in [2.24, 2.45) is 0 Å². The first-order chi connectivity index (χ1) is 15.3. The highest BCUT2D eigenvalue weighted by molar-refractivity contribution is 6.35. The number of likely N-dealkylation sites (tertiary alicyclic amines) is 1. The highest BCUT2D eigenvalue weighted by Gasteiger charge is 2.43. The molecule has 9 nitrogen and oxygen atoms in total. The van der Waals surface area contributed by atoms with Gasteiger partial charge in [0, 0.05) is 49.5 Å². The molecule has 3 heterocycles. The van der Waals surface area contributed by atoms with E-state index in [4.69, 9.17) is 16.3 Å². The second kappa shape index (κ2) is 7.52. The Kier molecular flexibility index (Phi) is 4.78. The molecule has 3 aromatic rings. The number of carbonyl (C=O) groups is 3. The number of nitrogens with zero attached hydrogens (tertiary/aromatic N) is 2. The Balaban J connectivity index is 1.31. The second-order valence-electron chi connectivity index (χ2n) is 8.03. The minimum absolute atomic E-state index is 0.132. The van der Waals surface area contributed by atoms with Gasteiger partial charge in [0.2, 0.25) is 5.91 Å². The summed E-state index contributed by atoms with van der Waals surface area (Å²) in [4.78, 5) is 38.8. The summed E-state index contributed by atoms with van der Waals surface area (Å²) in [5, 5.41) is 13.6. The summed E-state index contributed by atoms with van der Waals surface area (Å²) in [5.74, 6) is -0.161. The van der Waals surface area contributed by atoms with Gasteiger partial charge in [0.25, 0.3) is 11.8 Å². The topological polar surface area (TPSA) is 116 Å². The van der Waals surface area contributed by atoms with Crippen molar-refractivity contribution in [3.8, 4) is 5.75 Å². The maximum atomic E-state index is 13.1. The summed E-state index contributed by atoms with van der Waals surface area (Å²) in [6.45, 7) is 2.24. The van der Waals surface area contributed by atoms with Gasteiger partial charge in [-0.1, -0.05) is 11.6 Å². The average molecular weight is 454 g/mol. The van der Waals surface area contributed by atoms with E-state index in [9.17, 15) is 14.4 Å². The summed E-state index contributed by atoms with van der Waals surface area (Å²) in [5.41, 5.74) is 1.20. The van der Waals surface area contributed by atoms with Crippen LogP contribution in [0, 0.1) is 0 Å². The van der Waals surface area contributed by atoms with Crippen molar-refractivity contribution in [2.45, 2.75) is 25.5 Å². The molecule has 1 aromatic heterocycles. The lowest BCUT2D eigenvalue weighted by Gasteiger charge is -2.44. The maximum Gasteiger partial charge on any atom is 0.258 e. The van der Waals surface area contributed by atoms with Crippen LogP contribution in [0.1, 0.15) is 40.5 Å². The Morgan fingerprint density at radius 3 is 2.75 bits per heavy atom. The zero-order valence-electron chi connectivity index (χ0n) is 17.2. The van der Waals surface area contributed by atoms with Gasteiger partial charge in [-0.15, -0.1) is 0 Å². The van der Waals surface area contributed by atoms with Crippen LogP contribution in [-0.2, 0) is 4.79 Å². The molecule has 1 fully saturated rings. The molecule has 0 unspecified atom stereocenters. The smallest absolute Gasteiger partial charge is 0.258 e. The Labute approximate surface area is 188 Å². The first-order valence-corrected chi connectivity index (χ1v) is 10.6. The molecular formula is C22H20ClN5O4. The van der Waals surface area contributed by atoms with Crippen molar-refractivity contribution in [2.75, 3.05) is 18.4 Å². The first kappa shape index (κ1) is 20.3. The van der Waals surface area contributed by atoms with E-state index in [1.807, 2.05) is 0 Å². The zero-order valence-corrected chi connectivity index (χ0v) is 18.0. The number of fused-ring (bicyclic) bond motifs is 2. The largest absolute Gasteiger partial charge is 0.467 e. The molecule has 32 heavy (non-hydrogen) atoms. The number of H-pyrrole nitrogens is 1. The number of ether oxygens (including phenoxy) is 1. The lowest BCUT2D eigenvalue weighted by Crippen LogP contribution is -2.61. The van der Waals surface area contributed by atoms with E-state index >= 15 is 0 Å². The Morgan fingerprint density at radius 1 is 1.22 bits per heavy atom. The van der Waals surface area contributed by atoms with Crippen molar-refractivity contribution in [1.29, 1.82) is 0 Å². The van der Waals surface area contributed by atoms with Gasteiger partial charge >= 0.3 is 0 Å². The number of nitrogens with one attached hydrogen (secondary N) is 3. The predicted octanol–water partition coefficient (Wildman–Crippen LogP) is 2.93. The van der Waals surface area contributed by atoms with E-state index in [2.05, 4.69) is 20.8 Å². The third kappa shape index (κ3) is 3.54. The van der Waals surface area contributed by atoms with Crippen LogP contribution in [0.15, 0.2) is 36.5 Å². The molecule has 0 atom stereocenters. The van der Waals surface area contributed by atoms with E-state index in [1.165, 1.54) is 6.92 Å². The van der Waals surface area contributed by atoms with Crippen LogP contribution in [0.2, 0.25) is 5.02 Å². The molecule has 1 spiro atoms. The van der Waals surface area contributed by atoms with Crippen LogP contribution in [0.4, 0.5) is 5.69 Å². The average Bonchev–Trinajstić information content (AvgIpc) is 3.23. The number of rotatable bonds is 2. The van der Waals surface area contributed by atoms with Crippen LogP contribution >= 0.6 is 11.6 Å². The number of aromatic nitrogens is 2. The van der Waals surface area contributed by atoms with Gasteiger partial charge in [0.05, 0.1) is 22.3 Å². The van der Waals surface area contributed by atoms with E-state index in [0.717, 1.165) is 5.39 Å². The normalized spacial score (nSPS) is 16.9. The van der Waals surface area contributed by atoms with Gasteiger partial charge in [-0.25, -0.2) is 0 Å². The predicted molar refractivity (Wildman–Crippen MR) is 118 cm³/mol. The third-order valence-electron chi connectivity index (χ3n) is 5.80. The number of hydrogen-bond donors (Lipinski definition) is 3. The third-order valence-corrected chi connectivity index (χ3v) is 6.10. The molecule has 2 aliphatic rings. The first-order valence-electron chi connectivity index (χ1n) is 10.2. The number of anilines is 1. The molecule has 2 aliphatic heterocycles. The van der Waals surface area contributed by atoms with Crippen LogP contribution < -0.4 is 15.4 Å². The standard InChI is InChI=1S/C22H20ClN5O4/c1-12(29)25-15-2-3-18-16(10-15)20(30)26-22(32-18)4-6-28(7-5-22)21(31)13-8-14-11-24-27-19(14)17(23)9-13/h2-3,8-11H,4-7H2,1H3,(H,24,27)(H,25,29)(H,26,30). The molecule has 10 heteroatoms. The zero-order chi connectivity index (χ0) is 22.5. The van der Waals surface area contributed by atoms with Crippen LogP contribution in [0.5, 0.6) is 5.75 Å². The minimum Gasteiger partial charge on any atom is -0.467 e. The number of hydrogen-bond acceptors (Lipinski definition) is 5. The van der Waals surface area contributed by atoms with Gasteiger partial charge in [0.1, 0.15) is 5.75 Å². The number of carbonyl (C=O) groups excluding carboxylic acids is 3. The highest BCUT2D eigenvalue weighted by atomic mass is 35.5. The molecular weight excluding hydrogens is 434 g/mol. The van der Waals surface area contributed by atoms with Gasteiger partial charge < -0.3 is 20.3 Å². The Bertz CT molecular complexity index is 1260. The number of halogens is 1. The van der Waals surface area contributed by atoms with E-state index in [1.54, 1.807) is 41.4 Å². The highest BCUT2D eigenvalue weighted by Crippen LogP contribution is 2.35. The SMILES string of the molecule is CC(=O)Nc1ccc2c(c1)C(=O)NC1(CCN(C(=O)c3cc(Cl)c4[nH]ncc4c3)CC1)O2. The number of aromatic amines is 1. The van der Waals surface area contributed by atoms with Crippen molar-refractivity contribution in [1.82, 2.24) is 20.4 Å². The summed E-state index contributed by atoms with van der Waals surface area (Å²) in [6.07, 6.45) is 2.52. The molecule has 1 saturated heterocycles. The molecule has 164 valence electrons.